The monoisotopic (exact) mass is 272 g/mol. The molecule has 0 aromatic heterocycles. The molecule has 2 N–H and O–H groups in total. The van der Waals surface area contributed by atoms with Crippen molar-refractivity contribution in [2.24, 2.45) is 5.41 Å². The van der Waals surface area contributed by atoms with E-state index in [1.807, 2.05) is 13.2 Å². The summed E-state index contributed by atoms with van der Waals surface area (Å²) < 4.78 is 5.20. The molecule has 0 aromatic carbocycles. The molecule has 0 radical (unpaired) electrons. The van der Waals surface area contributed by atoms with Crippen molar-refractivity contribution in [2.75, 3.05) is 26.1 Å². The van der Waals surface area contributed by atoms with Gasteiger partial charge < -0.3 is 15.2 Å². The van der Waals surface area contributed by atoms with Gasteiger partial charge in [-0.05, 0) is 26.0 Å². The van der Waals surface area contributed by atoms with Crippen molar-refractivity contribution in [2.45, 2.75) is 31.1 Å². The van der Waals surface area contributed by atoms with E-state index in [0.717, 1.165) is 0 Å². The minimum atomic E-state index is -0.967. The van der Waals surface area contributed by atoms with E-state index in [1.165, 1.54) is 11.8 Å². The molecule has 0 aromatic rings. The van der Waals surface area contributed by atoms with Crippen LogP contribution in [0.1, 0.15) is 19.8 Å². The lowest BCUT2D eigenvalue weighted by Gasteiger charge is -2.31. The lowest BCUT2D eigenvalue weighted by Crippen LogP contribution is -2.50. The summed E-state index contributed by atoms with van der Waals surface area (Å²) in [5.74, 6) is -0.242. The van der Waals surface area contributed by atoms with E-state index in [0.29, 0.717) is 26.1 Å². The highest BCUT2D eigenvalue weighted by molar-refractivity contribution is 7.99. The molecule has 1 aliphatic heterocycles. The van der Waals surface area contributed by atoms with Gasteiger partial charge >= 0.3 is 0 Å². The molecule has 6 heteroatoms. The summed E-state index contributed by atoms with van der Waals surface area (Å²) in [4.78, 5) is 12.2. The van der Waals surface area contributed by atoms with Crippen LogP contribution in [0.2, 0.25) is 0 Å². The molecule has 0 spiro atoms. The number of aliphatic hydroxyl groups is 1. The molecule has 1 rings (SSSR count). The first-order valence-electron chi connectivity index (χ1n) is 6.03. The molecule has 0 saturated carbocycles. The Labute approximate surface area is 112 Å². The van der Waals surface area contributed by atoms with E-state index >= 15 is 0 Å². The van der Waals surface area contributed by atoms with Crippen molar-refractivity contribution in [3.05, 3.63) is 0 Å². The molecule has 0 aliphatic carbocycles. The van der Waals surface area contributed by atoms with E-state index in [9.17, 15) is 15.2 Å². The molecular formula is C12H20N2O3S. The number of hydrogen-bond acceptors (Lipinski definition) is 5. The summed E-state index contributed by atoms with van der Waals surface area (Å²) in [7, 11) is 0. The summed E-state index contributed by atoms with van der Waals surface area (Å²) in [5.41, 5.74) is -0.967. The first kappa shape index (κ1) is 15.3. The maximum Gasteiger partial charge on any atom is 0.240 e. The minimum Gasteiger partial charge on any atom is -0.395 e. The Morgan fingerprint density at radius 3 is 2.67 bits per heavy atom. The fraction of sp³-hybridized carbons (Fsp3) is 0.833. The number of nitrogens with one attached hydrogen (secondary N) is 1. The third kappa shape index (κ3) is 3.37. The van der Waals surface area contributed by atoms with Crippen molar-refractivity contribution in [1.82, 2.24) is 5.32 Å². The van der Waals surface area contributed by atoms with Crippen LogP contribution in [0.5, 0.6) is 0 Å². The van der Waals surface area contributed by atoms with Gasteiger partial charge in [-0.15, -0.1) is 0 Å². The smallest absolute Gasteiger partial charge is 0.240 e. The number of aliphatic hydroxyl groups excluding tert-OH is 1. The van der Waals surface area contributed by atoms with E-state index < -0.39 is 5.41 Å². The van der Waals surface area contributed by atoms with Gasteiger partial charge in [-0.3, -0.25) is 4.79 Å². The van der Waals surface area contributed by atoms with Crippen LogP contribution in [0.3, 0.4) is 0 Å². The molecule has 2 unspecified atom stereocenters. The zero-order valence-corrected chi connectivity index (χ0v) is 11.6. The quantitative estimate of drug-likeness (QED) is 0.763. The van der Waals surface area contributed by atoms with Crippen molar-refractivity contribution < 1.29 is 14.6 Å². The maximum atomic E-state index is 12.2. The fourth-order valence-corrected chi connectivity index (χ4v) is 2.61. The first-order chi connectivity index (χ1) is 8.59. The van der Waals surface area contributed by atoms with Gasteiger partial charge in [-0.2, -0.15) is 17.0 Å². The fourth-order valence-electron chi connectivity index (χ4n) is 1.98. The SMILES string of the molecule is CSC(CO)C(C)NC(=O)C1(C#N)CCOCC1. The molecule has 18 heavy (non-hydrogen) atoms. The molecular weight excluding hydrogens is 252 g/mol. The number of nitriles is 1. The molecule has 1 amide bonds. The van der Waals surface area contributed by atoms with Gasteiger partial charge in [0.2, 0.25) is 5.91 Å². The standard InChI is InChI=1S/C12H20N2O3S/c1-9(10(7-15)18-2)14-11(16)12(8-13)3-5-17-6-4-12/h9-10,15H,3-7H2,1-2H3,(H,14,16). The second-order valence-electron chi connectivity index (χ2n) is 4.53. The Balaban J connectivity index is 2.65. The summed E-state index contributed by atoms with van der Waals surface area (Å²) in [6.07, 6.45) is 2.76. The summed E-state index contributed by atoms with van der Waals surface area (Å²) in [5, 5.41) is 21.2. The lowest BCUT2D eigenvalue weighted by molar-refractivity contribution is -0.133. The van der Waals surface area contributed by atoms with Gasteiger partial charge in [0, 0.05) is 24.5 Å². The third-order valence-corrected chi connectivity index (χ3v) is 4.56. The van der Waals surface area contributed by atoms with E-state index in [-0.39, 0.29) is 23.8 Å². The Morgan fingerprint density at radius 2 is 2.22 bits per heavy atom. The molecule has 102 valence electrons. The predicted octanol–water partition coefficient (Wildman–Crippen LogP) is 0.535. The third-order valence-electron chi connectivity index (χ3n) is 3.39. The average Bonchev–Trinajstić information content (AvgIpc) is 2.40. The van der Waals surface area contributed by atoms with Gasteiger partial charge in [0.1, 0.15) is 5.41 Å². The zero-order chi connectivity index (χ0) is 13.6. The number of nitrogens with zero attached hydrogens (tertiary/aromatic N) is 1. The first-order valence-corrected chi connectivity index (χ1v) is 7.32. The van der Waals surface area contributed by atoms with Crippen LogP contribution in [0.25, 0.3) is 0 Å². The Bertz CT molecular complexity index is 320. The van der Waals surface area contributed by atoms with E-state index in [4.69, 9.17) is 4.74 Å². The van der Waals surface area contributed by atoms with Gasteiger partial charge in [0.05, 0.1) is 12.7 Å². The van der Waals surface area contributed by atoms with Crippen LogP contribution >= 0.6 is 11.8 Å². The van der Waals surface area contributed by atoms with E-state index in [2.05, 4.69) is 11.4 Å². The lowest BCUT2D eigenvalue weighted by atomic mass is 9.80. The molecule has 2 atom stereocenters. The second-order valence-corrected chi connectivity index (χ2v) is 5.60. The van der Waals surface area contributed by atoms with Crippen molar-refractivity contribution in [1.29, 1.82) is 5.26 Å². The van der Waals surface area contributed by atoms with Crippen LogP contribution in [-0.2, 0) is 9.53 Å². The van der Waals surface area contributed by atoms with Crippen molar-refractivity contribution in [3.8, 4) is 6.07 Å². The molecule has 1 aliphatic rings. The Kier molecular flexibility index (Phi) is 5.93. The molecule has 5 nitrogen and oxygen atoms in total. The number of carbonyl (C=O) groups is 1. The highest BCUT2D eigenvalue weighted by atomic mass is 32.2. The average molecular weight is 272 g/mol. The summed E-state index contributed by atoms with van der Waals surface area (Å²) in [6, 6.07) is 1.97. The second kappa shape index (κ2) is 6.98. The maximum absolute atomic E-state index is 12.2. The summed E-state index contributed by atoms with van der Waals surface area (Å²) >= 11 is 1.50. The van der Waals surface area contributed by atoms with Crippen LogP contribution in [-0.4, -0.2) is 48.4 Å². The molecule has 1 fully saturated rings. The number of rotatable bonds is 5. The predicted molar refractivity (Wildman–Crippen MR) is 70.1 cm³/mol. The van der Waals surface area contributed by atoms with Crippen LogP contribution in [0, 0.1) is 16.7 Å². The molecule has 1 saturated heterocycles. The number of carbonyl (C=O) groups excluding carboxylic acids is 1. The van der Waals surface area contributed by atoms with Crippen LogP contribution in [0.4, 0.5) is 0 Å². The summed E-state index contributed by atoms with van der Waals surface area (Å²) in [6.45, 7) is 2.74. The van der Waals surface area contributed by atoms with Crippen LogP contribution < -0.4 is 5.32 Å². The normalized spacial score (nSPS) is 21.7. The number of hydrogen-bond donors (Lipinski definition) is 2. The van der Waals surface area contributed by atoms with Gasteiger partial charge in [-0.1, -0.05) is 0 Å². The number of ether oxygens (including phenoxy) is 1. The van der Waals surface area contributed by atoms with Crippen molar-refractivity contribution in [3.63, 3.8) is 0 Å². The Morgan fingerprint density at radius 1 is 1.61 bits per heavy atom. The van der Waals surface area contributed by atoms with Crippen LogP contribution in [0.15, 0.2) is 0 Å². The molecule has 0 bridgehead atoms. The van der Waals surface area contributed by atoms with Gasteiger partial charge in [0.25, 0.3) is 0 Å². The largest absolute Gasteiger partial charge is 0.395 e. The topological polar surface area (TPSA) is 82.4 Å². The van der Waals surface area contributed by atoms with Crippen molar-refractivity contribution >= 4 is 17.7 Å². The number of amides is 1. The van der Waals surface area contributed by atoms with Gasteiger partial charge in [0.15, 0.2) is 0 Å². The highest BCUT2D eigenvalue weighted by Gasteiger charge is 2.41. The van der Waals surface area contributed by atoms with E-state index in [1.54, 1.807) is 0 Å². The minimum absolute atomic E-state index is 0.00524. The number of thioether (sulfide) groups is 1. The molecule has 1 heterocycles. The highest BCUT2D eigenvalue weighted by Crippen LogP contribution is 2.30. The zero-order valence-electron chi connectivity index (χ0n) is 10.8. The van der Waals surface area contributed by atoms with Gasteiger partial charge in [-0.25, -0.2) is 0 Å². The Hall–Kier alpha value is -0.770.